The Morgan fingerprint density at radius 1 is 0.420 bits per heavy atom. The van der Waals surface area contributed by atoms with E-state index in [1.165, 1.54) is 141 Å². The molecule has 0 radical (unpaired) electrons. The lowest BCUT2D eigenvalue weighted by atomic mass is 10.1. The zero-order valence-corrected chi connectivity index (χ0v) is 33.5. The molecule has 0 atom stereocenters. The molecule has 0 heterocycles. The van der Waals surface area contributed by atoms with Crippen LogP contribution in [0.3, 0.4) is 0 Å². The van der Waals surface area contributed by atoms with Gasteiger partial charge in [-0.2, -0.15) is 0 Å². The lowest BCUT2D eigenvalue weighted by Crippen LogP contribution is -2.27. The Morgan fingerprint density at radius 3 is 1.00 bits per heavy atom. The largest absolute Gasteiger partial charge is 0.462 e. The maximum atomic E-state index is 12.9. The highest BCUT2D eigenvalue weighted by molar-refractivity contribution is 6.03. The van der Waals surface area contributed by atoms with Gasteiger partial charge in [0.15, 0.2) is 0 Å². The van der Waals surface area contributed by atoms with Crippen LogP contribution in [-0.2, 0) is 9.47 Å². The Morgan fingerprint density at radius 2 is 0.700 bits per heavy atom. The second-order valence-electron chi connectivity index (χ2n) is 14.5. The summed E-state index contributed by atoms with van der Waals surface area (Å²) in [4.78, 5) is 30.7. The number of ether oxygens (including phenoxy) is 2. The number of carbonyl (C=O) groups excluding carboxylic acids is 2. The van der Waals surface area contributed by atoms with Gasteiger partial charge < -0.3 is 19.3 Å². The first-order valence-electron chi connectivity index (χ1n) is 21.4. The summed E-state index contributed by atoms with van der Waals surface area (Å²) in [6.07, 6.45) is 31.4. The van der Waals surface area contributed by atoms with E-state index in [-0.39, 0.29) is 11.1 Å². The molecule has 0 aliphatic rings. The Kier molecular flexibility index (Phi) is 31.5. The van der Waals surface area contributed by atoms with Gasteiger partial charge in [0, 0.05) is 13.1 Å². The molecule has 0 aliphatic heterocycles. The van der Waals surface area contributed by atoms with Gasteiger partial charge in [-0.05, 0) is 64.0 Å². The molecule has 0 spiro atoms. The summed E-state index contributed by atoms with van der Waals surface area (Å²) >= 11 is 0. The van der Waals surface area contributed by atoms with Crippen LogP contribution in [0.1, 0.15) is 203 Å². The van der Waals surface area contributed by atoms with Crippen molar-refractivity contribution in [1.82, 2.24) is 9.80 Å². The zero-order valence-electron chi connectivity index (χ0n) is 33.5. The molecule has 0 aromatic heterocycles. The summed E-state index contributed by atoms with van der Waals surface area (Å²) in [7, 11) is 0. The van der Waals surface area contributed by atoms with Gasteiger partial charge in [-0.15, -0.1) is 0 Å². The van der Waals surface area contributed by atoms with Crippen molar-refractivity contribution in [3.8, 4) is 0 Å². The van der Waals surface area contributed by atoms with Crippen molar-refractivity contribution in [1.29, 1.82) is 0 Å². The van der Waals surface area contributed by atoms with Gasteiger partial charge in [-0.3, -0.25) is 0 Å². The van der Waals surface area contributed by atoms with Crippen LogP contribution in [0.4, 0.5) is 0 Å². The monoisotopic (exact) mass is 701 g/mol. The Labute approximate surface area is 309 Å². The summed E-state index contributed by atoms with van der Waals surface area (Å²) in [5.74, 6) is -0.898. The second kappa shape index (κ2) is 34.2. The minimum absolute atomic E-state index is 0.289. The highest BCUT2D eigenvalue weighted by Gasteiger charge is 2.19. The SMILES string of the molecule is CCCCCCCCCCCCCN(CC)CCCOC(=O)c1ccccc1C(=O)OCCCN(CC)CCCCCCCCCCCCC. The normalized spacial score (nSPS) is 11.5. The first-order chi connectivity index (χ1) is 24.6. The molecule has 50 heavy (non-hydrogen) atoms. The van der Waals surface area contributed by atoms with Crippen LogP contribution in [0.2, 0.25) is 0 Å². The van der Waals surface area contributed by atoms with E-state index in [4.69, 9.17) is 9.47 Å². The minimum Gasteiger partial charge on any atom is -0.462 e. The molecule has 6 heteroatoms. The topological polar surface area (TPSA) is 59.1 Å². The van der Waals surface area contributed by atoms with Crippen molar-refractivity contribution in [3.05, 3.63) is 35.4 Å². The number of hydrogen-bond acceptors (Lipinski definition) is 6. The number of nitrogens with zero attached hydrogens (tertiary/aromatic N) is 2. The van der Waals surface area contributed by atoms with E-state index in [2.05, 4.69) is 37.5 Å². The number of unbranched alkanes of at least 4 members (excludes halogenated alkanes) is 20. The fourth-order valence-corrected chi connectivity index (χ4v) is 6.76. The molecular weight excluding hydrogens is 620 g/mol. The van der Waals surface area contributed by atoms with Crippen LogP contribution < -0.4 is 0 Å². The van der Waals surface area contributed by atoms with Crippen molar-refractivity contribution >= 4 is 11.9 Å². The summed E-state index contributed by atoms with van der Waals surface area (Å²) in [5, 5.41) is 0. The molecule has 6 nitrogen and oxygen atoms in total. The third-order valence-corrected chi connectivity index (χ3v) is 10.1. The molecule has 0 saturated carbocycles. The van der Waals surface area contributed by atoms with E-state index in [9.17, 15) is 9.59 Å². The molecular formula is C44H80N2O4. The third-order valence-electron chi connectivity index (χ3n) is 10.1. The van der Waals surface area contributed by atoms with Crippen LogP contribution >= 0.6 is 0 Å². The molecule has 0 amide bonds. The smallest absolute Gasteiger partial charge is 0.339 e. The summed E-state index contributed by atoms with van der Waals surface area (Å²) in [5.41, 5.74) is 0.579. The van der Waals surface area contributed by atoms with Crippen molar-refractivity contribution in [2.45, 2.75) is 182 Å². The zero-order chi connectivity index (χ0) is 36.3. The van der Waals surface area contributed by atoms with Gasteiger partial charge in [-0.1, -0.05) is 168 Å². The van der Waals surface area contributed by atoms with E-state index in [1.54, 1.807) is 24.3 Å². The van der Waals surface area contributed by atoms with Gasteiger partial charge >= 0.3 is 11.9 Å². The van der Waals surface area contributed by atoms with Crippen LogP contribution in [0.15, 0.2) is 24.3 Å². The van der Waals surface area contributed by atoms with E-state index >= 15 is 0 Å². The van der Waals surface area contributed by atoms with Crippen LogP contribution in [-0.4, -0.2) is 74.2 Å². The average Bonchev–Trinajstić information content (AvgIpc) is 3.14. The van der Waals surface area contributed by atoms with Gasteiger partial charge in [-0.25, -0.2) is 9.59 Å². The molecule has 0 bridgehead atoms. The first kappa shape index (κ1) is 46.1. The molecule has 0 N–H and O–H groups in total. The fraction of sp³-hybridized carbons (Fsp3) is 0.818. The highest BCUT2D eigenvalue weighted by Crippen LogP contribution is 2.15. The maximum absolute atomic E-state index is 12.9. The Bertz CT molecular complexity index is 850. The standard InChI is InChI=1S/C44H80N2O4/c1-5-9-11-13-15-17-19-21-23-25-29-35-45(7-3)37-31-39-49-43(47)41-33-27-28-34-42(41)44(48)50-40-32-38-46(8-4)36-30-26-24-22-20-18-16-14-12-10-6-2/h27-28,33-34H,5-26,29-32,35-40H2,1-4H3. The molecule has 290 valence electrons. The summed E-state index contributed by atoms with van der Waals surface area (Å²) in [6, 6.07) is 6.87. The van der Waals surface area contributed by atoms with Crippen molar-refractivity contribution in [2.75, 3.05) is 52.5 Å². The Balaban J connectivity index is 2.20. The highest BCUT2D eigenvalue weighted by atomic mass is 16.5. The number of carbonyl (C=O) groups is 2. The first-order valence-corrected chi connectivity index (χ1v) is 21.4. The molecule has 0 unspecified atom stereocenters. The number of esters is 2. The Hall–Kier alpha value is -1.92. The minimum atomic E-state index is -0.449. The van der Waals surface area contributed by atoms with Crippen LogP contribution in [0, 0.1) is 0 Å². The molecule has 1 aromatic rings. The second-order valence-corrected chi connectivity index (χ2v) is 14.5. The quantitative estimate of drug-likeness (QED) is 0.0513. The number of rotatable bonds is 36. The number of hydrogen-bond donors (Lipinski definition) is 0. The van der Waals surface area contributed by atoms with Gasteiger partial charge in [0.2, 0.25) is 0 Å². The molecule has 0 saturated heterocycles. The maximum Gasteiger partial charge on any atom is 0.339 e. The van der Waals surface area contributed by atoms with E-state index < -0.39 is 11.9 Å². The van der Waals surface area contributed by atoms with Gasteiger partial charge in [0.25, 0.3) is 0 Å². The van der Waals surface area contributed by atoms with Crippen LogP contribution in [0.5, 0.6) is 0 Å². The third kappa shape index (κ3) is 25.1. The fourth-order valence-electron chi connectivity index (χ4n) is 6.76. The number of benzene rings is 1. The molecule has 1 aromatic carbocycles. The summed E-state index contributed by atoms with van der Waals surface area (Å²) < 4.78 is 11.2. The molecule has 0 aliphatic carbocycles. The van der Waals surface area contributed by atoms with Gasteiger partial charge in [0.1, 0.15) is 0 Å². The van der Waals surface area contributed by atoms with Crippen molar-refractivity contribution < 1.29 is 19.1 Å². The van der Waals surface area contributed by atoms with E-state index in [1.807, 2.05) is 0 Å². The molecule has 1 rings (SSSR count). The molecule has 0 fully saturated rings. The van der Waals surface area contributed by atoms with E-state index in [0.29, 0.717) is 13.2 Å². The van der Waals surface area contributed by atoms with Crippen molar-refractivity contribution in [2.24, 2.45) is 0 Å². The van der Waals surface area contributed by atoms with Crippen LogP contribution in [0.25, 0.3) is 0 Å². The predicted octanol–water partition coefficient (Wildman–Crippen LogP) is 12.0. The summed E-state index contributed by atoms with van der Waals surface area (Å²) in [6.45, 7) is 15.7. The van der Waals surface area contributed by atoms with Crippen molar-refractivity contribution in [3.63, 3.8) is 0 Å². The lowest BCUT2D eigenvalue weighted by Gasteiger charge is -2.20. The van der Waals surface area contributed by atoms with E-state index in [0.717, 1.165) is 52.1 Å². The predicted molar refractivity (Wildman–Crippen MR) is 213 cm³/mol. The lowest BCUT2D eigenvalue weighted by molar-refractivity contribution is 0.0441. The van der Waals surface area contributed by atoms with Gasteiger partial charge in [0.05, 0.1) is 24.3 Å². The average molecular weight is 701 g/mol.